The fraction of sp³-hybridized carbons (Fsp3) is 0.274. The van der Waals surface area contributed by atoms with Gasteiger partial charge in [0, 0.05) is 71.4 Å². The number of benzene rings is 7. The van der Waals surface area contributed by atoms with Crippen LogP contribution in [0.5, 0.6) is 11.8 Å². The lowest BCUT2D eigenvalue weighted by molar-refractivity contribution is -0.139. The van der Waals surface area contributed by atoms with Gasteiger partial charge in [-0.1, -0.05) is 204 Å². The Morgan fingerprint density at radius 2 is 0.740 bits per heavy atom. The molecule has 25 nitrogen and oxygen atoms in total. The Morgan fingerprint density at radius 1 is 0.386 bits per heavy atom. The molecule has 18 rings (SSSR count). The highest BCUT2D eigenvalue weighted by Gasteiger charge is 2.51. The number of thioether (sulfide) groups is 5. The van der Waals surface area contributed by atoms with Crippen LogP contribution in [-0.2, 0) is 115 Å². The Morgan fingerprint density at radius 3 is 1.20 bits per heavy atom. The number of aromatic nitrogens is 11. The molecule has 13 aromatic rings. The normalized spacial score (nSPS) is 17.3. The Hall–Kier alpha value is -10.1. The molecule has 0 amide bonds. The summed E-state index contributed by atoms with van der Waals surface area (Å²) >= 11 is 12.6. The molecule has 5 aliphatic heterocycles. The second-order valence-electron chi connectivity index (χ2n) is 28.2. The Kier molecular flexibility index (Phi) is 28.9. The molecule has 0 saturated carbocycles. The number of nitrogens with one attached hydrogen (secondary N) is 3. The van der Waals surface area contributed by atoms with Crippen molar-refractivity contribution >= 4 is 123 Å². The summed E-state index contributed by atoms with van der Waals surface area (Å²) in [6, 6.07) is 44.8. The molecular formula is C84H70ClF10N11O14S7. The third-order valence-electron chi connectivity index (χ3n) is 20.5. The van der Waals surface area contributed by atoms with Crippen LogP contribution in [0.25, 0.3) is 32.3 Å². The van der Waals surface area contributed by atoms with Gasteiger partial charge in [-0.15, -0.1) is 0 Å². The van der Waals surface area contributed by atoms with Crippen LogP contribution in [0.3, 0.4) is 0 Å². The third kappa shape index (κ3) is 21.1. The lowest BCUT2D eigenvalue weighted by atomic mass is 9.95. The summed E-state index contributed by atoms with van der Waals surface area (Å²) in [4.78, 5) is 78.1. The molecule has 4 unspecified atom stereocenters. The van der Waals surface area contributed by atoms with Gasteiger partial charge in [-0.3, -0.25) is 19.4 Å². The number of H-pyrrole nitrogens is 3. The summed E-state index contributed by atoms with van der Waals surface area (Å²) < 4.78 is 213. The summed E-state index contributed by atoms with van der Waals surface area (Å²) in [5, 5.41) is 8.88. The summed E-state index contributed by atoms with van der Waals surface area (Å²) in [6.07, 6.45) is 7.16. The minimum atomic E-state index is -6.00. The third-order valence-corrected chi connectivity index (χ3v) is 25.6. The minimum Gasteiger partial charge on any atom is -0.368 e. The number of nitrogens with zero attached hydrogens (tertiary/aromatic N) is 8. The van der Waals surface area contributed by atoms with Crippen LogP contribution in [0.15, 0.2) is 204 Å². The van der Waals surface area contributed by atoms with Gasteiger partial charge in [0.1, 0.15) is 5.82 Å². The SMILES string of the molecule is CSc1nc2c(c(=O)[nH]1)COC(c1ccccc1F)C2.CSc1nc2c(c(=O)[nH]1)COC(c1cncc3ccccc13)C2.CSc1nc2c(c(=O)[nH]1)CO[C@H](c1cccc3cccc(Cl)c13)C2.CSc1nc2c(c(OS(=O)(=O)C(F)(F)F)n1)COC(c1cccc3ccccc13)C2.CSc1nc2c(c(OS(=O)(=O)C(F)(F)F)n1)COC(c1ccccc1C(F)(F)F)C2. The van der Waals surface area contributed by atoms with Crippen molar-refractivity contribution in [2.75, 3.05) is 31.3 Å². The molecule has 0 aliphatic carbocycles. The Labute approximate surface area is 742 Å². The average molecular weight is 1910 g/mol. The van der Waals surface area contributed by atoms with Crippen molar-refractivity contribution in [1.82, 2.24) is 54.8 Å². The van der Waals surface area contributed by atoms with Crippen molar-refractivity contribution in [2.24, 2.45) is 0 Å². The van der Waals surface area contributed by atoms with Gasteiger partial charge >= 0.3 is 37.4 Å². The molecule has 0 radical (unpaired) electrons. The first-order chi connectivity index (χ1) is 60.6. The van der Waals surface area contributed by atoms with Crippen LogP contribution >= 0.6 is 70.4 Å². The van der Waals surface area contributed by atoms with Gasteiger partial charge in [0.15, 0.2) is 25.8 Å². The van der Waals surface area contributed by atoms with Gasteiger partial charge in [0.05, 0.1) is 125 Å². The number of fused-ring (bicyclic) bond motifs is 8. The lowest BCUT2D eigenvalue weighted by Gasteiger charge is -2.28. The zero-order valence-electron chi connectivity index (χ0n) is 66.9. The Balaban J connectivity index is 0.000000130. The van der Waals surface area contributed by atoms with E-state index in [2.05, 4.69) is 69.3 Å². The van der Waals surface area contributed by atoms with E-state index < -0.39 is 79.7 Å². The molecule has 6 aromatic heterocycles. The van der Waals surface area contributed by atoms with Crippen molar-refractivity contribution < 1.29 is 92.8 Å². The van der Waals surface area contributed by atoms with E-state index in [1.165, 1.54) is 65.8 Å². The number of hydrogen-bond acceptors (Lipinski definition) is 27. The number of halogens is 11. The van der Waals surface area contributed by atoms with E-state index in [1.807, 2.05) is 128 Å². The van der Waals surface area contributed by atoms with Gasteiger partial charge in [-0.05, 0) is 87.7 Å². The number of alkyl halides is 9. The fourth-order valence-electron chi connectivity index (χ4n) is 14.4. The van der Waals surface area contributed by atoms with Crippen molar-refractivity contribution in [1.29, 1.82) is 0 Å². The summed E-state index contributed by atoms with van der Waals surface area (Å²) in [5.41, 5.74) is -4.78. The number of rotatable bonds is 14. The highest BCUT2D eigenvalue weighted by Crippen LogP contribution is 2.45. The van der Waals surface area contributed by atoms with Crippen molar-refractivity contribution in [3.05, 3.63) is 296 Å². The van der Waals surface area contributed by atoms with Crippen LogP contribution in [-0.4, -0.2) is 114 Å². The predicted octanol–water partition coefficient (Wildman–Crippen LogP) is 18.1. The first-order valence-electron chi connectivity index (χ1n) is 38.0. The zero-order valence-corrected chi connectivity index (χ0v) is 73.3. The molecular weight excluding hydrogens is 1840 g/mol. The molecule has 0 spiro atoms. The maximum atomic E-state index is 13.8. The second-order valence-corrected chi connectivity index (χ2v) is 35.6. The van der Waals surface area contributed by atoms with Gasteiger partial charge in [-0.25, -0.2) is 29.3 Å². The molecule has 5 aliphatic rings. The molecule has 0 fully saturated rings. The number of aromatic amines is 3. The first-order valence-corrected chi connectivity index (χ1v) is 47.3. The largest absolute Gasteiger partial charge is 0.534 e. The van der Waals surface area contributed by atoms with E-state index >= 15 is 0 Å². The van der Waals surface area contributed by atoms with Crippen LogP contribution in [0.2, 0.25) is 5.02 Å². The molecule has 5 atom stereocenters. The topological polar surface area (TPSA) is 335 Å². The van der Waals surface area contributed by atoms with Crippen LogP contribution in [0.1, 0.15) is 120 Å². The van der Waals surface area contributed by atoms with Crippen LogP contribution in [0, 0.1) is 5.82 Å². The maximum absolute atomic E-state index is 13.8. The van der Waals surface area contributed by atoms with Crippen molar-refractivity contribution in [3.8, 4) is 11.8 Å². The van der Waals surface area contributed by atoms with Gasteiger partial charge in [0.2, 0.25) is 11.8 Å². The second kappa shape index (κ2) is 39.5. The monoisotopic (exact) mass is 1910 g/mol. The van der Waals surface area contributed by atoms with E-state index in [0.717, 1.165) is 90.0 Å². The summed E-state index contributed by atoms with van der Waals surface area (Å²) in [5.74, 6) is -1.82. The predicted molar refractivity (Wildman–Crippen MR) is 457 cm³/mol. The minimum absolute atomic E-state index is 0.0370. The molecule has 43 heteroatoms. The van der Waals surface area contributed by atoms with E-state index in [9.17, 15) is 75.1 Å². The molecule has 11 heterocycles. The molecule has 0 saturated heterocycles. The van der Waals surface area contributed by atoms with Gasteiger partial charge < -0.3 is 47.0 Å². The Bertz CT molecular complexity index is 6730. The number of hydrogen-bond donors (Lipinski definition) is 3. The zero-order chi connectivity index (χ0) is 90.4. The maximum Gasteiger partial charge on any atom is 0.534 e. The standard InChI is InChI=1S/C19H15F3N2O4S2.C18H15ClN2O2S.C17H15N3O2S.C16H12F6N2O4S2.C14H13FN2O2S/c1-29-18-23-15-9-16(13-8-4-6-11-5-2-3-7-12(11)13)27-10-14(15)17(24-18)28-30(25,26)19(20,21)22;1-24-18-20-14-8-15(23-9-12(14)17(22)21-18)11-6-2-4-10-5-3-7-13(19)16(10)11;1-23-17-19-14-6-15(22-9-13(14)16(21)20-17)12-8-18-7-10-4-2-3-5-11(10)12;1-29-14-23-11-6-12(8-4-2-3-5-10(8)15(17,18)19)27-7-9(11)13(24-14)28-30(25,26)16(20,21)22;1-20-14-16-11-6-12(8-4-2-3-5-10(8)15)19-7-9(11)13(18)17-14/h2-8,16H,9-10H2,1H3;2-7,15H,8-9H2,1H3,(H,20,21,22);2-5,7-8,15H,6,9H2,1H3,(H,19,20,21);2-5,12H,6-7H2,1H3;2-5,12H,6-7H2,1H3,(H,16,17,18)/t;15-;;;/m.0.../s1. The highest BCUT2D eigenvalue weighted by molar-refractivity contribution is 7.99. The molecule has 0 bridgehead atoms. The fourth-order valence-corrected chi connectivity index (χ4v) is 17.5. The van der Waals surface area contributed by atoms with Gasteiger partial charge in [0.25, 0.3) is 16.7 Å². The van der Waals surface area contributed by atoms with Crippen LogP contribution < -0.4 is 25.0 Å². The quantitative estimate of drug-likeness (QED) is 0.0299. The van der Waals surface area contributed by atoms with Gasteiger partial charge in [-0.2, -0.15) is 66.3 Å². The van der Waals surface area contributed by atoms with E-state index in [1.54, 1.807) is 24.5 Å². The number of pyridine rings is 1. The summed E-state index contributed by atoms with van der Waals surface area (Å²) in [6.45, 7) is -0.0203. The first kappa shape index (κ1) is 93.1. The smallest absolute Gasteiger partial charge is 0.368 e. The molecule has 127 heavy (non-hydrogen) atoms. The van der Waals surface area contributed by atoms with Crippen molar-refractivity contribution in [3.63, 3.8) is 0 Å². The highest BCUT2D eigenvalue weighted by atomic mass is 35.5. The van der Waals surface area contributed by atoms with E-state index in [-0.39, 0.29) is 107 Å². The van der Waals surface area contributed by atoms with Crippen molar-refractivity contribution in [2.45, 2.75) is 139 Å². The lowest BCUT2D eigenvalue weighted by Crippen LogP contribution is -2.30. The summed E-state index contributed by atoms with van der Waals surface area (Å²) in [7, 11) is -11.9. The van der Waals surface area contributed by atoms with Crippen LogP contribution in [0.4, 0.5) is 43.9 Å². The van der Waals surface area contributed by atoms with E-state index in [0.29, 0.717) is 73.4 Å². The van der Waals surface area contributed by atoms with E-state index in [4.69, 9.17) is 35.3 Å². The molecule has 664 valence electrons. The molecule has 3 N–H and O–H groups in total. The average Bonchev–Trinajstić information content (AvgIpc) is 0.769. The number of ether oxygens (including phenoxy) is 5. The molecule has 7 aromatic carbocycles.